The molecule has 2 aromatic rings. The molecule has 2 rings (SSSR count). The van der Waals surface area contributed by atoms with Crippen LogP contribution < -0.4 is 4.74 Å². The van der Waals surface area contributed by atoms with E-state index < -0.39 is 0 Å². The zero-order chi connectivity index (χ0) is 12.1. The van der Waals surface area contributed by atoms with Gasteiger partial charge in [0, 0.05) is 10.9 Å². The normalized spacial score (nSPS) is 10.2. The fourth-order valence-corrected chi connectivity index (χ4v) is 1.94. The highest BCUT2D eigenvalue weighted by Crippen LogP contribution is 2.23. The first kappa shape index (κ1) is 12.1. The Morgan fingerprint density at radius 1 is 1.00 bits per heavy atom. The number of hydrogen-bond donors (Lipinski definition) is 0. The van der Waals surface area contributed by atoms with E-state index in [0.29, 0.717) is 23.2 Å². The van der Waals surface area contributed by atoms with E-state index in [4.69, 9.17) is 4.74 Å². The van der Waals surface area contributed by atoms with Crippen LogP contribution in [0.2, 0.25) is 0 Å². The largest absolute Gasteiger partial charge is 0.486 e. The number of benzene rings is 2. The standard InChI is InChI=1S/C14H12BrFO/c15-9-12-7-4-8-13(14(12)16)17-10-11-5-2-1-3-6-11/h1-8H,9-10H2. The molecule has 0 amide bonds. The van der Waals surface area contributed by atoms with Crippen molar-refractivity contribution in [3.05, 3.63) is 65.5 Å². The summed E-state index contributed by atoms with van der Waals surface area (Å²) in [6, 6.07) is 14.9. The van der Waals surface area contributed by atoms with Gasteiger partial charge in [-0.05, 0) is 11.6 Å². The van der Waals surface area contributed by atoms with Crippen molar-refractivity contribution < 1.29 is 9.13 Å². The van der Waals surface area contributed by atoms with E-state index in [1.54, 1.807) is 18.2 Å². The molecule has 0 radical (unpaired) electrons. The maximum Gasteiger partial charge on any atom is 0.169 e. The fraction of sp³-hybridized carbons (Fsp3) is 0.143. The minimum absolute atomic E-state index is 0.291. The molecule has 0 heterocycles. The minimum Gasteiger partial charge on any atom is -0.486 e. The average molecular weight is 295 g/mol. The van der Waals surface area contributed by atoms with E-state index in [9.17, 15) is 4.39 Å². The Kier molecular flexibility index (Phi) is 4.15. The van der Waals surface area contributed by atoms with Crippen LogP contribution in [0.5, 0.6) is 5.75 Å². The van der Waals surface area contributed by atoms with Gasteiger partial charge in [-0.2, -0.15) is 0 Å². The molecule has 0 aliphatic rings. The second kappa shape index (κ2) is 5.82. The lowest BCUT2D eigenvalue weighted by atomic mass is 10.2. The van der Waals surface area contributed by atoms with Gasteiger partial charge in [0.25, 0.3) is 0 Å². The van der Waals surface area contributed by atoms with Crippen LogP contribution in [0.4, 0.5) is 4.39 Å². The molecule has 0 spiro atoms. The van der Waals surface area contributed by atoms with Crippen molar-refractivity contribution >= 4 is 15.9 Å². The predicted molar refractivity (Wildman–Crippen MR) is 69.8 cm³/mol. The van der Waals surface area contributed by atoms with Gasteiger partial charge in [-0.1, -0.05) is 58.4 Å². The first-order valence-electron chi connectivity index (χ1n) is 5.31. The van der Waals surface area contributed by atoms with Crippen molar-refractivity contribution in [1.82, 2.24) is 0 Å². The van der Waals surface area contributed by atoms with E-state index in [2.05, 4.69) is 15.9 Å². The van der Waals surface area contributed by atoms with E-state index >= 15 is 0 Å². The van der Waals surface area contributed by atoms with Crippen LogP contribution in [0.25, 0.3) is 0 Å². The fourth-order valence-electron chi connectivity index (χ4n) is 1.51. The van der Waals surface area contributed by atoms with Crippen LogP contribution >= 0.6 is 15.9 Å². The van der Waals surface area contributed by atoms with Crippen LogP contribution in [-0.4, -0.2) is 0 Å². The molecule has 0 unspecified atom stereocenters. The first-order chi connectivity index (χ1) is 8.31. The molecule has 0 bridgehead atoms. The van der Waals surface area contributed by atoms with Gasteiger partial charge in [-0.25, -0.2) is 4.39 Å². The van der Waals surface area contributed by atoms with Crippen molar-refractivity contribution in [2.45, 2.75) is 11.9 Å². The quantitative estimate of drug-likeness (QED) is 0.764. The Morgan fingerprint density at radius 3 is 2.47 bits per heavy atom. The van der Waals surface area contributed by atoms with Crippen LogP contribution in [0.3, 0.4) is 0 Å². The third-order valence-corrected chi connectivity index (χ3v) is 3.03. The molecule has 0 aliphatic carbocycles. The van der Waals surface area contributed by atoms with E-state index in [-0.39, 0.29) is 5.82 Å². The average Bonchev–Trinajstić information content (AvgIpc) is 2.39. The van der Waals surface area contributed by atoms with Crippen molar-refractivity contribution in [2.24, 2.45) is 0 Å². The third kappa shape index (κ3) is 3.07. The second-order valence-electron chi connectivity index (χ2n) is 3.64. The van der Waals surface area contributed by atoms with E-state index in [1.165, 1.54) is 0 Å². The monoisotopic (exact) mass is 294 g/mol. The molecular weight excluding hydrogens is 283 g/mol. The Labute approximate surface area is 108 Å². The van der Waals surface area contributed by atoms with E-state index in [0.717, 1.165) is 5.56 Å². The maximum absolute atomic E-state index is 13.8. The molecule has 0 saturated carbocycles. The minimum atomic E-state index is -0.291. The molecule has 0 saturated heterocycles. The molecule has 88 valence electrons. The summed E-state index contributed by atoms with van der Waals surface area (Å²) in [5.74, 6) is 0.00566. The van der Waals surface area contributed by atoms with Crippen LogP contribution in [0.15, 0.2) is 48.5 Å². The predicted octanol–water partition coefficient (Wildman–Crippen LogP) is 4.30. The number of alkyl halides is 1. The van der Waals surface area contributed by atoms with Crippen molar-refractivity contribution in [3.8, 4) is 5.75 Å². The molecule has 1 nitrogen and oxygen atoms in total. The highest BCUT2D eigenvalue weighted by Gasteiger charge is 2.07. The van der Waals surface area contributed by atoms with Crippen LogP contribution in [-0.2, 0) is 11.9 Å². The highest BCUT2D eigenvalue weighted by molar-refractivity contribution is 9.08. The lowest BCUT2D eigenvalue weighted by Crippen LogP contribution is -1.98. The zero-order valence-electron chi connectivity index (χ0n) is 9.20. The molecule has 0 atom stereocenters. The molecule has 0 aliphatic heterocycles. The Morgan fingerprint density at radius 2 is 1.76 bits per heavy atom. The van der Waals surface area contributed by atoms with Gasteiger partial charge in [-0.15, -0.1) is 0 Å². The van der Waals surface area contributed by atoms with Gasteiger partial charge >= 0.3 is 0 Å². The number of rotatable bonds is 4. The van der Waals surface area contributed by atoms with Crippen molar-refractivity contribution in [1.29, 1.82) is 0 Å². The van der Waals surface area contributed by atoms with Gasteiger partial charge in [-0.3, -0.25) is 0 Å². The van der Waals surface area contributed by atoms with Gasteiger partial charge in [0.1, 0.15) is 6.61 Å². The Hall–Kier alpha value is -1.35. The van der Waals surface area contributed by atoms with Crippen LogP contribution in [0.1, 0.15) is 11.1 Å². The highest BCUT2D eigenvalue weighted by atomic mass is 79.9. The molecule has 17 heavy (non-hydrogen) atoms. The second-order valence-corrected chi connectivity index (χ2v) is 4.20. The van der Waals surface area contributed by atoms with Crippen LogP contribution in [0, 0.1) is 5.82 Å². The zero-order valence-corrected chi connectivity index (χ0v) is 10.8. The summed E-state index contributed by atoms with van der Waals surface area (Å²) in [6.45, 7) is 0.378. The summed E-state index contributed by atoms with van der Waals surface area (Å²) in [7, 11) is 0. The smallest absolute Gasteiger partial charge is 0.169 e. The summed E-state index contributed by atoms with van der Waals surface area (Å²) >= 11 is 3.24. The van der Waals surface area contributed by atoms with Gasteiger partial charge in [0.15, 0.2) is 11.6 Å². The van der Waals surface area contributed by atoms with E-state index in [1.807, 2.05) is 30.3 Å². The lowest BCUT2D eigenvalue weighted by molar-refractivity contribution is 0.289. The molecule has 2 aromatic carbocycles. The lowest BCUT2D eigenvalue weighted by Gasteiger charge is -2.09. The molecule has 3 heteroatoms. The topological polar surface area (TPSA) is 9.23 Å². The number of halogens is 2. The summed E-state index contributed by atoms with van der Waals surface area (Å²) in [5, 5.41) is 0.487. The van der Waals surface area contributed by atoms with Gasteiger partial charge in [0.05, 0.1) is 0 Å². The maximum atomic E-state index is 13.8. The van der Waals surface area contributed by atoms with Gasteiger partial charge in [0.2, 0.25) is 0 Å². The number of hydrogen-bond acceptors (Lipinski definition) is 1. The SMILES string of the molecule is Fc1c(CBr)cccc1OCc1ccccc1. The molecule has 0 N–H and O–H groups in total. The van der Waals surface area contributed by atoms with Crippen molar-refractivity contribution in [3.63, 3.8) is 0 Å². The van der Waals surface area contributed by atoms with Crippen molar-refractivity contribution in [2.75, 3.05) is 0 Å². The summed E-state index contributed by atoms with van der Waals surface area (Å²) < 4.78 is 19.3. The Balaban J connectivity index is 2.09. The summed E-state index contributed by atoms with van der Waals surface area (Å²) in [4.78, 5) is 0. The molecule has 0 aromatic heterocycles. The summed E-state index contributed by atoms with van der Waals surface area (Å²) in [6.07, 6.45) is 0. The molecular formula is C14H12BrFO. The third-order valence-electron chi connectivity index (χ3n) is 2.42. The number of ether oxygens (including phenoxy) is 1. The molecule has 0 fully saturated rings. The summed E-state index contributed by atoms with van der Waals surface area (Å²) in [5.41, 5.74) is 1.63. The Bertz CT molecular complexity index is 485. The first-order valence-corrected chi connectivity index (χ1v) is 6.43. The van der Waals surface area contributed by atoms with Gasteiger partial charge < -0.3 is 4.74 Å².